The molecule has 1 aliphatic heterocycles. The Morgan fingerprint density at radius 1 is 1.12 bits per heavy atom. The number of primary amides is 1. The van der Waals surface area contributed by atoms with E-state index in [-0.39, 0.29) is 30.9 Å². The second-order valence-electron chi connectivity index (χ2n) is 8.09. The van der Waals surface area contributed by atoms with Gasteiger partial charge in [0.05, 0.1) is 12.6 Å². The lowest BCUT2D eigenvalue weighted by molar-refractivity contribution is -0.150. The number of esters is 1. The number of carbonyl (C=O) groups excluding carboxylic acids is 4. The van der Waals surface area contributed by atoms with Crippen LogP contribution in [0, 0.1) is 0 Å². The summed E-state index contributed by atoms with van der Waals surface area (Å²) in [5, 5.41) is 8.95. The zero-order valence-corrected chi connectivity index (χ0v) is 18.8. The first-order valence-electron chi connectivity index (χ1n) is 11.3. The molecule has 2 aliphatic rings. The van der Waals surface area contributed by atoms with Gasteiger partial charge in [-0.25, -0.2) is 9.59 Å². The minimum absolute atomic E-state index is 0.00830. The average molecular weight is 475 g/mol. The summed E-state index contributed by atoms with van der Waals surface area (Å²) < 4.78 is 5.42. The molecule has 12 heteroatoms. The molecule has 184 valence electrons. The fraction of sp³-hybridized carbons (Fsp3) is 0.500. The van der Waals surface area contributed by atoms with Crippen molar-refractivity contribution in [1.29, 1.82) is 0 Å². The van der Waals surface area contributed by atoms with Crippen LogP contribution in [0.3, 0.4) is 0 Å². The lowest BCUT2D eigenvalue weighted by Gasteiger charge is -2.21. The Balaban J connectivity index is 1.38. The third-order valence-corrected chi connectivity index (χ3v) is 5.59. The third kappa shape index (κ3) is 7.64. The smallest absolute Gasteiger partial charge is 0.430 e. The number of anilines is 1. The number of carbonyl (C=O) groups is 4. The summed E-state index contributed by atoms with van der Waals surface area (Å²) in [4.78, 5) is 53.1. The summed E-state index contributed by atoms with van der Waals surface area (Å²) in [6.45, 7) is 0.600. The van der Waals surface area contributed by atoms with Gasteiger partial charge in [-0.15, -0.1) is 5.59 Å². The van der Waals surface area contributed by atoms with Crippen molar-refractivity contribution in [2.75, 3.05) is 18.0 Å². The van der Waals surface area contributed by atoms with E-state index in [1.165, 1.54) is 12.6 Å². The largest absolute Gasteiger partial charge is 0.462 e. The van der Waals surface area contributed by atoms with E-state index < -0.39 is 18.2 Å². The van der Waals surface area contributed by atoms with E-state index in [9.17, 15) is 19.2 Å². The van der Waals surface area contributed by atoms with Crippen LogP contribution in [0.4, 0.5) is 15.3 Å². The van der Waals surface area contributed by atoms with Crippen molar-refractivity contribution in [2.24, 2.45) is 10.8 Å². The van der Waals surface area contributed by atoms with E-state index in [0.29, 0.717) is 24.2 Å². The van der Waals surface area contributed by atoms with Gasteiger partial charge >= 0.3 is 18.1 Å². The molecule has 1 atom stereocenters. The summed E-state index contributed by atoms with van der Waals surface area (Å²) in [5.41, 5.74) is 8.21. The lowest BCUT2D eigenvalue weighted by Crippen LogP contribution is -2.46. The predicted molar refractivity (Wildman–Crippen MR) is 123 cm³/mol. The van der Waals surface area contributed by atoms with Crippen LogP contribution < -0.4 is 26.9 Å². The molecule has 1 saturated carbocycles. The molecule has 1 aromatic rings. The lowest BCUT2D eigenvalue weighted by atomic mass is 9.98. The van der Waals surface area contributed by atoms with E-state index >= 15 is 0 Å². The molecule has 12 nitrogen and oxygen atoms in total. The molecule has 0 aromatic heterocycles. The Hall–Kier alpha value is -3.83. The Kier molecular flexibility index (Phi) is 9.06. The first-order chi connectivity index (χ1) is 16.4. The number of hydrazone groups is 1. The zero-order valence-electron chi connectivity index (χ0n) is 18.8. The molecule has 5 N–H and O–H groups in total. The van der Waals surface area contributed by atoms with Crippen LogP contribution in [0.5, 0.6) is 0 Å². The summed E-state index contributed by atoms with van der Waals surface area (Å²) in [5.74, 6) is -0.537. The zero-order chi connectivity index (χ0) is 24.3. The van der Waals surface area contributed by atoms with Gasteiger partial charge in [0.15, 0.2) is 0 Å². The van der Waals surface area contributed by atoms with Crippen LogP contribution in [0.1, 0.15) is 50.5 Å². The molecule has 0 spiro atoms. The van der Waals surface area contributed by atoms with Crippen molar-refractivity contribution in [3.05, 3.63) is 29.8 Å². The number of benzene rings is 1. The number of nitrogens with one attached hydrogen (secondary N) is 3. The maximum Gasteiger partial charge on any atom is 0.430 e. The molecule has 0 bridgehead atoms. The standard InChI is InChI=1S/C22H30N6O6/c23-21(31)34-27-25-14-15-6-8-16(9-7-15)28-13-11-18(20(28)30)26-22(32)24-12-10-19(29)33-17-4-2-1-3-5-17/h6-9,14,17-18,27H,1-5,10-13H2,(H2,23,31)(H2,24,26,32)/t18-/m0/s1. The van der Waals surface area contributed by atoms with Crippen molar-refractivity contribution < 1.29 is 28.8 Å². The van der Waals surface area contributed by atoms with Gasteiger partial charge in [-0.2, -0.15) is 5.10 Å². The summed E-state index contributed by atoms with van der Waals surface area (Å²) in [6.07, 6.45) is 6.10. The highest BCUT2D eigenvalue weighted by Crippen LogP contribution is 2.22. The molecular weight excluding hydrogens is 444 g/mol. The maximum atomic E-state index is 12.7. The molecule has 1 saturated heterocycles. The molecule has 34 heavy (non-hydrogen) atoms. The molecule has 1 aromatic carbocycles. The predicted octanol–water partition coefficient (Wildman–Crippen LogP) is 1.29. The van der Waals surface area contributed by atoms with Crippen LogP contribution in [0.2, 0.25) is 0 Å². The second kappa shape index (κ2) is 12.4. The Labute approximate surface area is 197 Å². The van der Waals surface area contributed by atoms with Gasteiger partial charge in [0.25, 0.3) is 0 Å². The first kappa shape index (κ1) is 24.8. The topological polar surface area (TPSA) is 164 Å². The molecule has 1 aliphatic carbocycles. The highest BCUT2D eigenvalue weighted by molar-refractivity contribution is 6.01. The Morgan fingerprint density at radius 3 is 2.56 bits per heavy atom. The van der Waals surface area contributed by atoms with Crippen molar-refractivity contribution in [3.63, 3.8) is 0 Å². The van der Waals surface area contributed by atoms with Crippen molar-refractivity contribution in [1.82, 2.24) is 16.2 Å². The van der Waals surface area contributed by atoms with Gasteiger partial charge in [-0.05, 0) is 49.8 Å². The SMILES string of the molecule is NC(=O)ONN=Cc1ccc(N2CC[C@H](NC(=O)NCCC(=O)OC3CCCCC3)C2=O)cc1. The van der Waals surface area contributed by atoms with E-state index in [2.05, 4.69) is 20.6 Å². The molecule has 0 radical (unpaired) electrons. The first-order valence-corrected chi connectivity index (χ1v) is 11.3. The number of amides is 4. The molecule has 0 unspecified atom stereocenters. The summed E-state index contributed by atoms with van der Waals surface area (Å²) >= 11 is 0. The fourth-order valence-electron chi connectivity index (χ4n) is 3.90. The highest BCUT2D eigenvalue weighted by atomic mass is 16.7. The second-order valence-corrected chi connectivity index (χ2v) is 8.09. The Bertz CT molecular complexity index is 900. The van der Waals surface area contributed by atoms with E-state index in [1.807, 2.05) is 5.59 Å². The van der Waals surface area contributed by atoms with Crippen LogP contribution >= 0.6 is 0 Å². The van der Waals surface area contributed by atoms with Crippen LogP contribution in [0.25, 0.3) is 0 Å². The number of ether oxygens (including phenoxy) is 1. The summed E-state index contributed by atoms with van der Waals surface area (Å²) in [6, 6.07) is 5.81. The monoisotopic (exact) mass is 474 g/mol. The minimum Gasteiger partial charge on any atom is -0.462 e. The number of rotatable bonds is 9. The number of urea groups is 1. The van der Waals surface area contributed by atoms with Gasteiger partial charge in [-0.1, -0.05) is 18.6 Å². The van der Waals surface area contributed by atoms with Crippen LogP contribution in [0.15, 0.2) is 29.4 Å². The maximum absolute atomic E-state index is 12.7. The third-order valence-electron chi connectivity index (χ3n) is 5.59. The summed E-state index contributed by atoms with van der Waals surface area (Å²) in [7, 11) is 0. The Morgan fingerprint density at radius 2 is 1.85 bits per heavy atom. The van der Waals surface area contributed by atoms with Crippen molar-refractivity contribution in [3.8, 4) is 0 Å². The number of nitrogens with two attached hydrogens (primary N) is 1. The van der Waals surface area contributed by atoms with E-state index in [1.54, 1.807) is 29.2 Å². The highest BCUT2D eigenvalue weighted by Gasteiger charge is 2.33. The van der Waals surface area contributed by atoms with Gasteiger partial charge in [0.1, 0.15) is 12.1 Å². The normalized spacial score (nSPS) is 18.5. The van der Waals surface area contributed by atoms with Crippen molar-refractivity contribution in [2.45, 2.75) is 57.1 Å². The molecule has 1 heterocycles. The van der Waals surface area contributed by atoms with Gasteiger partial charge < -0.3 is 30.8 Å². The van der Waals surface area contributed by atoms with Crippen LogP contribution in [-0.4, -0.2) is 55.5 Å². The number of nitrogens with zero attached hydrogens (tertiary/aromatic N) is 2. The molecule has 2 fully saturated rings. The minimum atomic E-state index is -1.01. The number of hydrogen-bond donors (Lipinski definition) is 4. The van der Waals surface area contributed by atoms with E-state index in [4.69, 9.17) is 10.5 Å². The number of hydrogen-bond acceptors (Lipinski definition) is 8. The molecule has 3 rings (SSSR count). The average Bonchev–Trinajstić information content (AvgIpc) is 3.17. The van der Waals surface area contributed by atoms with Crippen molar-refractivity contribution >= 4 is 35.9 Å². The van der Waals surface area contributed by atoms with Gasteiger partial charge in [-0.3, -0.25) is 9.59 Å². The molecular formula is C22H30N6O6. The van der Waals surface area contributed by atoms with Gasteiger partial charge in [0.2, 0.25) is 5.91 Å². The van der Waals surface area contributed by atoms with Gasteiger partial charge in [0, 0.05) is 18.8 Å². The van der Waals surface area contributed by atoms with E-state index in [0.717, 1.165) is 25.7 Å². The fourth-order valence-corrected chi connectivity index (χ4v) is 3.90. The molecule has 4 amide bonds. The quantitative estimate of drug-likeness (QED) is 0.238. The van der Waals surface area contributed by atoms with Crippen LogP contribution in [-0.2, 0) is 19.2 Å².